The molecule has 6 N–H and O–H groups in total. The Morgan fingerprint density at radius 1 is 1.03 bits per heavy atom. The fourth-order valence-electron chi connectivity index (χ4n) is 3.25. The zero-order chi connectivity index (χ0) is 25.1. The monoisotopic (exact) mass is 516 g/mol. The second-order valence-corrected chi connectivity index (χ2v) is 7.99. The van der Waals surface area contributed by atoms with Crippen LogP contribution in [0.25, 0.3) is 16.9 Å². The number of rotatable bonds is 8. The number of nitrogens with one attached hydrogen (secondary N) is 2. The molecule has 3 aromatic heterocycles. The Morgan fingerprint density at radius 3 is 2.40 bits per heavy atom. The molecule has 0 spiro atoms. The summed E-state index contributed by atoms with van der Waals surface area (Å²) in [5.74, 6) is 0.0135. The number of aromatic hydroxyl groups is 2. The average Bonchev–Trinajstić information content (AvgIpc) is 3.14. The molecule has 0 aliphatic heterocycles. The first-order valence-corrected chi connectivity index (χ1v) is 10.8. The van der Waals surface area contributed by atoms with Crippen molar-refractivity contribution in [1.29, 1.82) is 0 Å². The Hall–Kier alpha value is -4.29. The van der Waals surface area contributed by atoms with E-state index in [1.165, 1.54) is 35.0 Å². The second-order valence-electron chi connectivity index (χ2n) is 7.15. The first kappa shape index (κ1) is 23.9. The van der Waals surface area contributed by atoms with Crippen LogP contribution in [0.5, 0.6) is 11.8 Å². The maximum Gasteiger partial charge on any atom is 0.311 e. The Bertz CT molecular complexity index is 1390. The largest absolute Gasteiger partial charge is 0.494 e. The van der Waals surface area contributed by atoms with Crippen LogP contribution in [0.2, 0.25) is 10.0 Å². The van der Waals surface area contributed by atoms with E-state index in [0.29, 0.717) is 45.9 Å². The molecule has 3 heterocycles. The van der Waals surface area contributed by atoms with Crippen LogP contribution in [0.1, 0.15) is 0 Å². The van der Waals surface area contributed by atoms with Crippen molar-refractivity contribution in [1.82, 2.24) is 19.5 Å². The summed E-state index contributed by atoms with van der Waals surface area (Å²) in [5, 5.41) is 38.1. The maximum absolute atomic E-state index is 10.9. The molecule has 0 atom stereocenters. The van der Waals surface area contributed by atoms with Crippen molar-refractivity contribution >= 4 is 46.5 Å². The predicted molar refractivity (Wildman–Crippen MR) is 132 cm³/mol. The molecular formula is C21H18Cl2N8O4. The number of nitrogens with two attached hydrogens (primary N) is 1. The van der Waals surface area contributed by atoms with Crippen molar-refractivity contribution in [2.75, 3.05) is 29.5 Å². The highest BCUT2D eigenvalue weighted by Crippen LogP contribution is 2.36. The van der Waals surface area contributed by atoms with Crippen LogP contribution in [-0.2, 0) is 0 Å². The standard InChI is InChI=1S/C21H18Cl2N8O4/c22-11-1-2-12(13(23)9-11)19-15(30-17(32)5-6-18(30)33)10-27-21(29-19)26-8-7-25-16-4-3-14(31(34)35)20(24)28-16/h1-6,9-10,32-33H,7-8H2,(H3,24,25,28)(H,26,27,29). The minimum Gasteiger partial charge on any atom is -0.494 e. The van der Waals surface area contributed by atoms with E-state index >= 15 is 0 Å². The molecule has 0 aliphatic carbocycles. The van der Waals surface area contributed by atoms with Crippen LogP contribution in [-0.4, -0.2) is 47.7 Å². The molecular weight excluding hydrogens is 499 g/mol. The van der Waals surface area contributed by atoms with Gasteiger partial charge in [0.2, 0.25) is 11.8 Å². The van der Waals surface area contributed by atoms with Crippen molar-refractivity contribution in [3.63, 3.8) is 0 Å². The van der Waals surface area contributed by atoms with Gasteiger partial charge < -0.3 is 26.6 Å². The fourth-order valence-corrected chi connectivity index (χ4v) is 3.75. The van der Waals surface area contributed by atoms with E-state index in [0.717, 1.165) is 0 Å². The van der Waals surface area contributed by atoms with Crippen LogP contribution in [0.4, 0.5) is 23.3 Å². The van der Waals surface area contributed by atoms with Crippen LogP contribution in [0.3, 0.4) is 0 Å². The second kappa shape index (κ2) is 9.91. The van der Waals surface area contributed by atoms with Crippen molar-refractivity contribution in [3.05, 3.63) is 68.8 Å². The number of nitro groups is 1. The fraction of sp³-hybridized carbons (Fsp3) is 0.0952. The summed E-state index contributed by atoms with van der Waals surface area (Å²) in [5.41, 5.74) is 6.47. The van der Waals surface area contributed by atoms with Crippen molar-refractivity contribution in [2.45, 2.75) is 0 Å². The van der Waals surface area contributed by atoms with Crippen LogP contribution in [0, 0.1) is 10.1 Å². The van der Waals surface area contributed by atoms with E-state index in [4.69, 9.17) is 28.9 Å². The number of benzene rings is 1. The molecule has 0 amide bonds. The molecule has 35 heavy (non-hydrogen) atoms. The zero-order valence-corrected chi connectivity index (χ0v) is 19.3. The van der Waals surface area contributed by atoms with Gasteiger partial charge in [-0.05, 0) is 24.3 Å². The van der Waals surface area contributed by atoms with Gasteiger partial charge in [-0.15, -0.1) is 0 Å². The van der Waals surface area contributed by atoms with Crippen molar-refractivity contribution < 1.29 is 15.1 Å². The number of nitrogens with zero attached hydrogens (tertiary/aromatic N) is 5. The number of nitrogen functional groups attached to an aromatic ring is 1. The molecule has 0 saturated heterocycles. The molecule has 0 unspecified atom stereocenters. The third kappa shape index (κ3) is 5.13. The molecule has 12 nitrogen and oxygen atoms in total. The Kier molecular flexibility index (Phi) is 6.75. The number of hydrogen-bond acceptors (Lipinski definition) is 10. The van der Waals surface area contributed by atoms with E-state index < -0.39 is 4.92 Å². The van der Waals surface area contributed by atoms with Gasteiger partial charge in [0.05, 0.1) is 21.8 Å². The summed E-state index contributed by atoms with van der Waals surface area (Å²) in [6, 6.07) is 10.3. The normalized spacial score (nSPS) is 10.8. The van der Waals surface area contributed by atoms with Gasteiger partial charge in [0.25, 0.3) is 0 Å². The summed E-state index contributed by atoms with van der Waals surface area (Å²) in [6.45, 7) is 0.720. The van der Waals surface area contributed by atoms with Crippen molar-refractivity contribution in [3.8, 4) is 28.7 Å². The highest BCUT2D eigenvalue weighted by molar-refractivity contribution is 6.36. The molecule has 14 heteroatoms. The molecule has 4 aromatic rings. The van der Waals surface area contributed by atoms with E-state index in [9.17, 15) is 20.3 Å². The Labute approximate surface area is 208 Å². The van der Waals surface area contributed by atoms with Gasteiger partial charge in [0.15, 0.2) is 11.8 Å². The number of halogens is 2. The number of aromatic nitrogens is 4. The minimum absolute atomic E-state index is 0.187. The Morgan fingerprint density at radius 2 is 1.74 bits per heavy atom. The lowest BCUT2D eigenvalue weighted by Gasteiger charge is -2.15. The van der Waals surface area contributed by atoms with Crippen molar-refractivity contribution in [2.24, 2.45) is 0 Å². The van der Waals surface area contributed by atoms with Gasteiger partial charge in [0, 0.05) is 41.9 Å². The predicted octanol–water partition coefficient (Wildman–Crippen LogP) is 4.06. The summed E-state index contributed by atoms with van der Waals surface area (Å²) in [7, 11) is 0. The Balaban J connectivity index is 1.55. The first-order chi connectivity index (χ1) is 16.7. The van der Waals surface area contributed by atoms with Gasteiger partial charge >= 0.3 is 5.69 Å². The van der Waals surface area contributed by atoms with Crippen LogP contribution in [0.15, 0.2) is 48.7 Å². The van der Waals surface area contributed by atoms with E-state index in [-0.39, 0.29) is 29.2 Å². The van der Waals surface area contributed by atoms with E-state index in [2.05, 4.69) is 25.6 Å². The topological polar surface area (TPSA) is 177 Å². The average molecular weight is 517 g/mol. The smallest absolute Gasteiger partial charge is 0.311 e. The zero-order valence-electron chi connectivity index (χ0n) is 17.8. The molecule has 0 aliphatic rings. The molecule has 0 radical (unpaired) electrons. The van der Waals surface area contributed by atoms with Crippen LogP contribution >= 0.6 is 23.2 Å². The summed E-state index contributed by atoms with van der Waals surface area (Å²) in [6.07, 6.45) is 1.43. The lowest BCUT2D eigenvalue weighted by molar-refractivity contribution is -0.384. The molecule has 0 saturated carbocycles. The van der Waals surface area contributed by atoms with Gasteiger partial charge in [-0.2, -0.15) is 0 Å². The third-order valence-corrected chi connectivity index (χ3v) is 5.40. The SMILES string of the molecule is Nc1nc(NCCNc2ncc(-n3c(O)ccc3O)c(-c3ccc(Cl)cc3Cl)n2)ccc1[N+](=O)[O-]. The van der Waals surface area contributed by atoms with Gasteiger partial charge in [0.1, 0.15) is 11.5 Å². The van der Waals surface area contributed by atoms with Crippen LogP contribution < -0.4 is 16.4 Å². The molecule has 0 fully saturated rings. The van der Waals surface area contributed by atoms with E-state index in [1.54, 1.807) is 18.2 Å². The number of hydrogen-bond donors (Lipinski definition) is 5. The van der Waals surface area contributed by atoms with Gasteiger partial charge in [-0.1, -0.05) is 23.2 Å². The molecule has 4 rings (SSSR count). The summed E-state index contributed by atoms with van der Waals surface area (Å²) < 4.78 is 1.18. The van der Waals surface area contributed by atoms with Gasteiger partial charge in [-0.3, -0.25) is 10.1 Å². The number of pyridine rings is 1. The quantitative estimate of drug-likeness (QED) is 0.130. The highest BCUT2D eigenvalue weighted by atomic mass is 35.5. The highest BCUT2D eigenvalue weighted by Gasteiger charge is 2.19. The molecule has 0 bridgehead atoms. The summed E-state index contributed by atoms with van der Waals surface area (Å²) in [4.78, 5) is 23.0. The summed E-state index contributed by atoms with van der Waals surface area (Å²) >= 11 is 12.4. The lowest BCUT2D eigenvalue weighted by atomic mass is 10.1. The maximum atomic E-state index is 10.9. The lowest BCUT2D eigenvalue weighted by Crippen LogP contribution is -2.16. The molecule has 1 aromatic carbocycles. The first-order valence-electron chi connectivity index (χ1n) is 10.1. The van der Waals surface area contributed by atoms with Gasteiger partial charge in [-0.25, -0.2) is 19.5 Å². The van der Waals surface area contributed by atoms with E-state index in [1.807, 2.05) is 0 Å². The number of anilines is 3. The molecule has 180 valence electrons. The third-order valence-electron chi connectivity index (χ3n) is 4.85. The minimum atomic E-state index is -0.605.